The molecule has 1 saturated heterocycles. The number of hydrogen-bond acceptors (Lipinski definition) is 4. The van der Waals surface area contributed by atoms with Gasteiger partial charge in [0.05, 0.1) is 11.0 Å². The van der Waals surface area contributed by atoms with Crippen LogP contribution in [0.1, 0.15) is 5.56 Å². The SMILES string of the molecule is O=S(=O)(CCc1cccc(O)c1)C1CNC1. The Morgan fingerprint density at radius 1 is 1.38 bits per heavy atom. The van der Waals surface area contributed by atoms with E-state index in [-0.39, 0.29) is 16.8 Å². The van der Waals surface area contributed by atoms with E-state index in [0.29, 0.717) is 19.5 Å². The van der Waals surface area contributed by atoms with E-state index in [1.54, 1.807) is 18.2 Å². The van der Waals surface area contributed by atoms with Gasteiger partial charge in [-0.3, -0.25) is 0 Å². The fourth-order valence-corrected chi connectivity index (χ4v) is 3.25. The summed E-state index contributed by atoms with van der Waals surface area (Å²) in [5, 5.41) is 12.0. The fourth-order valence-electron chi connectivity index (χ4n) is 1.65. The lowest BCUT2D eigenvalue weighted by atomic mass is 10.2. The van der Waals surface area contributed by atoms with Crippen LogP contribution >= 0.6 is 0 Å². The Morgan fingerprint density at radius 2 is 2.12 bits per heavy atom. The van der Waals surface area contributed by atoms with E-state index in [0.717, 1.165) is 5.56 Å². The van der Waals surface area contributed by atoms with Gasteiger partial charge in [0.15, 0.2) is 9.84 Å². The molecule has 4 nitrogen and oxygen atoms in total. The van der Waals surface area contributed by atoms with Gasteiger partial charge in [0.25, 0.3) is 0 Å². The lowest BCUT2D eigenvalue weighted by Gasteiger charge is -2.26. The molecule has 0 spiro atoms. The van der Waals surface area contributed by atoms with Crippen LogP contribution in [0.2, 0.25) is 0 Å². The van der Waals surface area contributed by atoms with Crippen LogP contribution in [-0.2, 0) is 16.3 Å². The fraction of sp³-hybridized carbons (Fsp3) is 0.455. The van der Waals surface area contributed by atoms with Crippen LogP contribution in [0.3, 0.4) is 0 Å². The van der Waals surface area contributed by atoms with Crippen molar-refractivity contribution in [2.75, 3.05) is 18.8 Å². The molecule has 1 fully saturated rings. The third-order valence-electron chi connectivity index (χ3n) is 2.84. The van der Waals surface area contributed by atoms with Crippen LogP contribution in [-0.4, -0.2) is 37.6 Å². The Morgan fingerprint density at radius 3 is 2.69 bits per heavy atom. The Balaban J connectivity index is 1.96. The van der Waals surface area contributed by atoms with E-state index in [1.165, 1.54) is 0 Å². The van der Waals surface area contributed by atoms with Crippen molar-refractivity contribution in [1.29, 1.82) is 0 Å². The molecular formula is C11H15NO3S. The normalized spacial score (nSPS) is 17.0. The topological polar surface area (TPSA) is 66.4 Å². The first-order valence-electron chi connectivity index (χ1n) is 5.28. The first-order valence-corrected chi connectivity index (χ1v) is 7.00. The molecule has 0 amide bonds. The summed E-state index contributed by atoms with van der Waals surface area (Å²) in [7, 11) is -2.98. The van der Waals surface area contributed by atoms with Crippen molar-refractivity contribution in [3.8, 4) is 5.75 Å². The number of hydrogen-bond donors (Lipinski definition) is 2. The maximum atomic E-state index is 11.8. The molecule has 88 valence electrons. The highest BCUT2D eigenvalue weighted by Crippen LogP contribution is 2.14. The quantitative estimate of drug-likeness (QED) is 0.797. The average molecular weight is 241 g/mol. The minimum Gasteiger partial charge on any atom is -0.508 e. The van der Waals surface area contributed by atoms with Crippen LogP contribution in [0.4, 0.5) is 0 Å². The first-order chi connectivity index (χ1) is 7.58. The predicted molar refractivity (Wildman–Crippen MR) is 62.3 cm³/mol. The number of aryl methyl sites for hydroxylation is 1. The molecule has 2 N–H and O–H groups in total. The van der Waals surface area contributed by atoms with E-state index in [2.05, 4.69) is 5.32 Å². The minimum atomic E-state index is -2.98. The summed E-state index contributed by atoms with van der Waals surface area (Å²) >= 11 is 0. The van der Waals surface area contributed by atoms with Crippen LogP contribution in [0.15, 0.2) is 24.3 Å². The van der Waals surface area contributed by atoms with Gasteiger partial charge in [0.2, 0.25) is 0 Å². The molecule has 0 atom stereocenters. The Bertz CT molecular complexity index is 466. The molecule has 0 radical (unpaired) electrons. The zero-order chi connectivity index (χ0) is 11.6. The van der Waals surface area contributed by atoms with Gasteiger partial charge in [-0.25, -0.2) is 8.42 Å². The molecule has 1 aliphatic rings. The molecule has 16 heavy (non-hydrogen) atoms. The van der Waals surface area contributed by atoms with E-state index in [1.807, 2.05) is 6.07 Å². The van der Waals surface area contributed by atoms with Crippen molar-refractivity contribution < 1.29 is 13.5 Å². The molecule has 0 bridgehead atoms. The van der Waals surface area contributed by atoms with Crippen molar-refractivity contribution >= 4 is 9.84 Å². The van der Waals surface area contributed by atoms with E-state index >= 15 is 0 Å². The number of phenols is 1. The highest BCUT2D eigenvalue weighted by atomic mass is 32.2. The molecule has 0 saturated carbocycles. The summed E-state index contributed by atoms with van der Waals surface area (Å²) in [5.41, 5.74) is 0.857. The lowest BCUT2D eigenvalue weighted by molar-refractivity contribution is 0.474. The number of nitrogens with one attached hydrogen (secondary N) is 1. The van der Waals surface area contributed by atoms with Gasteiger partial charge >= 0.3 is 0 Å². The second-order valence-electron chi connectivity index (χ2n) is 4.07. The molecular weight excluding hydrogens is 226 g/mol. The second-order valence-corrected chi connectivity index (χ2v) is 6.47. The molecule has 0 aromatic heterocycles. The summed E-state index contributed by atoms with van der Waals surface area (Å²) in [4.78, 5) is 0. The van der Waals surface area contributed by atoms with Crippen molar-refractivity contribution in [2.24, 2.45) is 0 Å². The molecule has 1 heterocycles. The standard InChI is InChI=1S/C11H15NO3S/c13-10-3-1-2-9(6-10)4-5-16(14,15)11-7-12-8-11/h1-3,6,11-13H,4-5,7-8H2. The number of aromatic hydroxyl groups is 1. The van der Waals surface area contributed by atoms with Crippen LogP contribution in [0, 0.1) is 0 Å². The summed E-state index contributed by atoms with van der Waals surface area (Å²) in [6.45, 7) is 1.14. The number of rotatable bonds is 4. The molecule has 1 aliphatic heterocycles. The summed E-state index contributed by atoms with van der Waals surface area (Å²) < 4.78 is 23.5. The monoisotopic (exact) mass is 241 g/mol. The van der Waals surface area contributed by atoms with Gasteiger partial charge < -0.3 is 10.4 Å². The van der Waals surface area contributed by atoms with Crippen molar-refractivity contribution in [3.05, 3.63) is 29.8 Å². The zero-order valence-corrected chi connectivity index (χ0v) is 9.70. The highest BCUT2D eigenvalue weighted by molar-refractivity contribution is 7.92. The largest absolute Gasteiger partial charge is 0.508 e. The molecule has 1 aromatic rings. The first kappa shape index (κ1) is 11.4. The Labute approximate surface area is 95.2 Å². The molecule has 0 aliphatic carbocycles. The summed E-state index contributed by atoms with van der Waals surface area (Å²) in [6.07, 6.45) is 0.466. The number of phenolic OH excluding ortho intramolecular Hbond substituents is 1. The van der Waals surface area contributed by atoms with Crippen LogP contribution < -0.4 is 5.32 Å². The third kappa shape index (κ3) is 2.54. The van der Waals surface area contributed by atoms with Gasteiger partial charge in [0.1, 0.15) is 5.75 Å². The lowest BCUT2D eigenvalue weighted by Crippen LogP contribution is -2.52. The maximum Gasteiger partial charge on any atom is 0.155 e. The summed E-state index contributed by atoms with van der Waals surface area (Å²) in [6, 6.07) is 6.73. The number of benzene rings is 1. The van der Waals surface area contributed by atoms with Crippen molar-refractivity contribution in [3.63, 3.8) is 0 Å². The summed E-state index contributed by atoms with van der Waals surface area (Å²) in [5.74, 6) is 0.336. The van der Waals surface area contributed by atoms with Crippen molar-refractivity contribution in [2.45, 2.75) is 11.7 Å². The number of sulfone groups is 1. The second kappa shape index (κ2) is 4.43. The smallest absolute Gasteiger partial charge is 0.155 e. The van der Waals surface area contributed by atoms with Gasteiger partial charge in [-0.15, -0.1) is 0 Å². The minimum absolute atomic E-state index is 0.156. The van der Waals surface area contributed by atoms with E-state index in [4.69, 9.17) is 0 Å². The molecule has 2 rings (SSSR count). The van der Waals surface area contributed by atoms with Gasteiger partial charge in [-0.05, 0) is 24.1 Å². The zero-order valence-electron chi connectivity index (χ0n) is 8.89. The predicted octanol–water partition coefficient (Wildman–Crippen LogP) is 0.321. The molecule has 1 aromatic carbocycles. The maximum absolute atomic E-state index is 11.8. The van der Waals surface area contributed by atoms with Gasteiger partial charge in [0, 0.05) is 13.1 Å². The van der Waals surface area contributed by atoms with Gasteiger partial charge in [-0.1, -0.05) is 12.1 Å². The average Bonchev–Trinajstić information content (AvgIpc) is 2.11. The van der Waals surface area contributed by atoms with E-state index < -0.39 is 9.84 Å². The Kier molecular flexibility index (Phi) is 3.16. The van der Waals surface area contributed by atoms with Crippen molar-refractivity contribution in [1.82, 2.24) is 5.32 Å². The van der Waals surface area contributed by atoms with Crippen LogP contribution in [0.5, 0.6) is 5.75 Å². The molecule has 5 heteroatoms. The third-order valence-corrected chi connectivity index (χ3v) is 4.96. The van der Waals surface area contributed by atoms with Crippen LogP contribution in [0.25, 0.3) is 0 Å². The Hall–Kier alpha value is -1.07. The highest BCUT2D eigenvalue weighted by Gasteiger charge is 2.30. The van der Waals surface area contributed by atoms with Gasteiger partial charge in [-0.2, -0.15) is 0 Å². The van der Waals surface area contributed by atoms with E-state index in [9.17, 15) is 13.5 Å². The molecule has 0 unspecified atom stereocenters.